The first-order valence-corrected chi connectivity index (χ1v) is 24.6. The summed E-state index contributed by atoms with van der Waals surface area (Å²) in [4.78, 5) is 35.4. The van der Waals surface area contributed by atoms with Gasteiger partial charge < -0.3 is 18.9 Å². The van der Waals surface area contributed by atoms with Gasteiger partial charge in [-0.2, -0.15) is 0 Å². The summed E-state index contributed by atoms with van der Waals surface area (Å²) in [7, 11) is 1.47. The van der Waals surface area contributed by atoms with Crippen LogP contribution in [0.4, 0.5) is 0 Å². The van der Waals surface area contributed by atoms with Crippen LogP contribution in [-0.4, -0.2) is 74.9 Å². The number of hydrogen-bond donors (Lipinski definition) is 1. The molecule has 0 rings (SSSR count). The van der Waals surface area contributed by atoms with E-state index in [0.717, 1.165) is 57.8 Å². The fourth-order valence-corrected chi connectivity index (χ4v) is 7.04. The van der Waals surface area contributed by atoms with E-state index in [4.69, 9.17) is 18.5 Å². The summed E-state index contributed by atoms with van der Waals surface area (Å²) in [6.45, 7) is 4.41. The molecule has 0 aromatic heterocycles. The van der Waals surface area contributed by atoms with Gasteiger partial charge in [0.1, 0.15) is 19.8 Å². The molecule has 0 saturated carbocycles. The Kier molecular flexibility index (Phi) is 37.9. The molecule has 0 radical (unpaired) electrons. The van der Waals surface area contributed by atoms with E-state index in [1.54, 1.807) is 0 Å². The van der Waals surface area contributed by atoms with Gasteiger partial charge >= 0.3 is 19.8 Å². The molecule has 330 valence electrons. The van der Waals surface area contributed by atoms with Crippen LogP contribution in [0.25, 0.3) is 0 Å². The highest BCUT2D eigenvalue weighted by molar-refractivity contribution is 7.47. The number of hydrogen-bond acceptors (Lipinski definition) is 7. The minimum atomic E-state index is -4.38. The Labute approximate surface area is 345 Å². The molecule has 0 spiro atoms. The third kappa shape index (κ3) is 42.1. The second-order valence-electron chi connectivity index (χ2n) is 16.8. The van der Waals surface area contributed by atoms with Crippen LogP contribution in [0.5, 0.6) is 0 Å². The number of quaternary nitrogens is 1. The number of phosphoric acid groups is 1. The van der Waals surface area contributed by atoms with E-state index in [1.807, 2.05) is 21.1 Å². The van der Waals surface area contributed by atoms with Crippen molar-refractivity contribution in [2.45, 2.75) is 213 Å². The summed E-state index contributed by atoms with van der Waals surface area (Å²) in [5, 5.41) is 0. The highest BCUT2D eigenvalue weighted by atomic mass is 31.2. The Hall–Kier alpha value is -1.51. The number of carbonyl (C=O) groups is 2. The summed E-state index contributed by atoms with van der Waals surface area (Å²) in [6, 6.07) is 0. The normalized spacial score (nSPS) is 13.8. The summed E-state index contributed by atoms with van der Waals surface area (Å²) in [6.07, 6.45) is 42.2. The van der Waals surface area contributed by atoms with Crippen LogP contribution >= 0.6 is 7.82 Å². The highest BCUT2D eigenvalue weighted by Gasteiger charge is 2.27. The molecule has 0 aliphatic carbocycles. The Morgan fingerprint density at radius 1 is 0.536 bits per heavy atom. The number of rotatable bonds is 42. The number of unbranched alkanes of at least 4 members (excludes halogenated alkanes) is 24. The van der Waals surface area contributed by atoms with E-state index in [0.29, 0.717) is 17.4 Å². The molecule has 2 unspecified atom stereocenters. The van der Waals surface area contributed by atoms with Crippen LogP contribution in [0, 0.1) is 0 Å². The lowest BCUT2D eigenvalue weighted by molar-refractivity contribution is -0.870. The minimum Gasteiger partial charge on any atom is -0.462 e. The lowest BCUT2D eigenvalue weighted by Gasteiger charge is -2.24. The van der Waals surface area contributed by atoms with E-state index in [-0.39, 0.29) is 32.0 Å². The number of nitrogens with zero attached hydrogens (tertiary/aromatic N) is 1. The number of phosphoric ester groups is 1. The van der Waals surface area contributed by atoms with E-state index in [1.165, 1.54) is 116 Å². The quantitative estimate of drug-likeness (QED) is 0.0213. The fourth-order valence-electron chi connectivity index (χ4n) is 6.30. The van der Waals surface area contributed by atoms with Crippen molar-refractivity contribution >= 4 is 19.8 Å². The predicted molar refractivity (Wildman–Crippen MR) is 234 cm³/mol. The molecule has 0 aliphatic rings. The molecule has 1 N–H and O–H groups in total. The average Bonchev–Trinajstić information content (AvgIpc) is 3.15. The van der Waals surface area contributed by atoms with Crippen LogP contribution in [0.1, 0.15) is 206 Å². The van der Waals surface area contributed by atoms with E-state index in [2.05, 4.69) is 38.2 Å². The maximum absolute atomic E-state index is 12.7. The van der Waals surface area contributed by atoms with Gasteiger partial charge in [-0.15, -0.1) is 0 Å². The number of allylic oxidation sites excluding steroid dienone is 4. The number of likely N-dealkylation sites (N-methyl/N-ethyl adjacent to an activating group) is 1. The lowest BCUT2D eigenvalue weighted by atomic mass is 10.1. The zero-order chi connectivity index (χ0) is 41.4. The molecular weight excluding hydrogens is 725 g/mol. The highest BCUT2D eigenvalue weighted by Crippen LogP contribution is 2.43. The molecule has 56 heavy (non-hydrogen) atoms. The number of esters is 2. The molecule has 0 aliphatic heterocycles. The molecule has 0 aromatic rings. The van der Waals surface area contributed by atoms with Gasteiger partial charge in [-0.1, -0.05) is 154 Å². The third-order valence-electron chi connectivity index (χ3n) is 9.95. The van der Waals surface area contributed by atoms with E-state index >= 15 is 0 Å². The van der Waals surface area contributed by atoms with Crippen molar-refractivity contribution in [1.29, 1.82) is 0 Å². The zero-order valence-electron chi connectivity index (χ0n) is 37.1. The number of ether oxygens (including phenoxy) is 2. The third-order valence-corrected chi connectivity index (χ3v) is 10.9. The topological polar surface area (TPSA) is 108 Å². The number of carbonyl (C=O) groups excluding carboxylic acids is 2. The van der Waals surface area contributed by atoms with Gasteiger partial charge in [0, 0.05) is 12.8 Å². The Bertz CT molecular complexity index is 1010. The Morgan fingerprint density at radius 3 is 1.32 bits per heavy atom. The minimum absolute atomic E-state index is 0.0308. The first-order chi connectivity index (χ1) is 27.0. The molecule has 0 bridgehead atoms. The van der Waals surface area contributed by atoms with Gasteiger partial charge in [0.15, 0.2) is 6.10 Å². The van der Waals surface area contributed by atoms with Crippen molar-refractivity contribution in [2.24, 2.45) is 0 Å². The van der Waals surface area contributed by atoms with Crippen LogP contribution in [-0.2, 0) is 32.7 Å². The smallest absolute Gasteiger partial charge is 0.462 e. The van der Waals surface area contributed by atoms with Crippen molar-refractivity contribution in [3.8, 4) is 0 Å². The molecule has 2 atom stereocenters. The molecule has 0 aromatic carbocycles. The van der Waals surface area contributed by atoms with Crippen LogP contribution in [0.2, 0.25) is 0 Å². The van der Waals surface area contributed by atoms with Gasteiger partial charge in [-0.25, -0.2) is 4.57 Å². The maximum atomic E-state index is 12.7. The van der Waals surface area contributed by atoms with Crippen molar-refractivity contribution in [2.75, 3.05) is 47.5 Å². The van der Waals surface area contributed by atoms with Crippen LogP contribution in [0.3, 0.4) is 0 Å². The Balaban J connectivity index is 4.34. The van der Waals surface area contributed by atoms with Gasteiger partial charge in [-0.3, -0.25) is 18.6 Å². The molecule has 0 saturated heterocycles. The van der Waals surface area contributed by atoms with Crippen LogP contribution in [0.15, 0.2) is 24.3 Å². The maximum Gasteiger partial charge on any atom is 0.472 e. The molecular formula is C46H89NO8P+. The van der Waals surface area contributed by atoms with Crippen molar-refractivity contribution in [3.63, 3.8) is 0 Å². The molecule has 0 amide bonds. The second kappa shape index (κ2) is 39.0. The largest absolute Gasteiger partial charge is 0.472 e. The first-order valence-electron chi connectivity index (χ1n) is 23.1. The van der Waals surface area contributed by atoms with Crippen LogP contribution < -0.4 is 0 Å². The van der Waals surface area contributed by atoms with E-state index in [9.17, 15) is 19.0 Å². The molecule has 0 heterocycles. The molecule has 9 nitrogen and oxygen atoms in total. The molecule has 10 heteroatoms. The van der Waals surface area contributed by atoms with Gasteiger partial charge in [0.2, 0.25) is 0 Å². The predicted octanol–water partition coefficient (Wildman–Crippen LogP) is 13.1. The van der Waals surface area contributed by atoms with Crippen molar-refractivity contribution in [1.82, 2.24) is 0 Å². The van der Waals surface area contributed by atoms with Crippen molar-refractivity contribution in [3.05, 3.63) is 24.3 Å². The molecule has 0 fully saturated rings. The Morgan fingerprint density at radius 2 is 0.911 bits per heavy atom. The first kappa shape index (κ1) is 54.5. The summed E-state index contributed by atoms with van der Waals surface area (Å²) < 4.78 is 34.3. The van der Waals surface area contributed by atoms with Gasteiger partial charge in [0.25, 0.3) is 0 Å². The zero-order valence-corrected chi connectivity index (χ0v) is 38.0. The summed E-state index contributed by atoms with van der Waals surface area (Å²) in [5.74, 6) is -0.807. The average molecular weight is 815 g/mol. The SMILES string of the molecule is CCCCCCCC/C=C\CCCCCCCCC(=O)OCC(COP(=O)(O)OCC[N+](C)(C)C)OC(=O)CCCCCCCC/C=C\CCCCCCCC. The van der Waals surface area contributed by atoms with Crippen molar-refractivity contribution < 1.29 is 42.1 Å². The van der Waals surface area contributed by atoms with E-state index < -0.39 is 26.5 Å². The monoisotopic (exact) mass is 815 g/mol. The van der Waals surface area contributed by atoms with Gasteiger partial charge in [0.05, 0.1) is 27.7 Å². The lowest BCUT2D eigenvalue weighted by Crippen LogP contribution is -2.37. The second-order valence-corrected chi connectivity index (χ2v) is 18.2. The summed E-state index contributed by atoms with van der Waals surface area (Å²) in [5.41, 5.74) is 0. The standard InChI is InChI=1S/C46H88NO8P/c1-6-8-10-12-14-16-18-20-22-24-26-28-30-32-34-36-38-45(48)52-42-44(43-54-56(50,51)53-41-40-47(3,4)5)55-46(49)39-37-35-33-31-29-27-25-23-21-19-17-15-13-11-9-7-2/h20-23,44H,6-19,24-43H2,1-5H3/p+1/b22-20-,23-21-. The summed E-state index contributed by atoms with van der Waals surface area (Å²) >= 11 is 0. The fraction of sp³-hybridized carbons (Fsp3) is 0.870. The van der Waals surface area contributed by atoms with Gasteiger partial charge in [-0.05, 0) is 64.2 Å².